The van der Waals surface area contributed by atoms with Gasteiger partial charge in [0.2, 0.25) is 0 Å². The molecule has 0 aromatic rings. The van der Waals surface area contributed by atoms with Crippen molar-refractivity contribution in [1.82, 2.24) is 0 Å². The van der Waals surface area contributed by atoms with Gasteiger partial charge < -0.3 is 0 Å². The summed E-state index contributed by atoms with van der Waals surface area (Å²) in [4.78, 5) is 0. The van der Waals surface area contributed by atoms with Crippen molar-refractivity contribution in [3.8, 4) is 0 Å². The topological polar surface area (TPSA) is 0 Å². The SMILES string of the molecule is C1CCC2C(C1)CCC1C(C3CCCC3)CCCC21. The standard InChI is InChI=1S/C19H32/c1-2-7-14(6-1)17-10-5-11-18-16-9-4-3-8-15(16)12-13-19(17)18/h14-19H,1-13H2. The lowest BCUT2D eigenvalue weighted by Gasteiger charge is -2.52. The van der Waals surface area contributed by atoms with E-state index in [1.165, 1.54) is 5.92 Å². The Labute approximate surface area is 119 Å². The normalized spacial score (nSPS) is 47.7. The van der Waals surface area contributed by atoms with Crippen molar-refractivity contribution in [3.63, 3.8) is 0 Å². The van der Waals surface area contributed by atoms with Crippen molar-refractivity contribution >= 4 is 0 Å². The Bertz CT molecular complexity index is 301. The van der Waals surface area contributed by atoms with E-state index in [-0.39, 0.29) is 0 Å². The summed E-state index contributed by atoms with van der Waals surface area (Å²) >= 11 is 0. The molecule has 4 aliphatic carbocycles. The monoisotopic (exact) mass is 260 g/mol. The quantitative estimate of drug-likeness (QED) is 0.558. The predicted octanol–water partition coefficient (Wildman–Crippen LogP) is 5.81. The zero-order valence-corrected chi connectivity index (χ0v) is 12.7. The molecule has 0 aromatic carbocycles. The summed E-state index contributed by atoms with van der Waals surface area (Å²) in [5.74, 6) is 6.95. The van der Waals surface area contributed by atoms with E-state index in [1.54, 1.807) is 83.5 Å². The Morgan fingerprint density at radius 2 is 0.789 bits per heavy atom. The van der Waals surface area contributed by atoms with Gasteiger partial charge in [0.25, 0.3) is 0 Å². The summed E-state index contributed by atoms with van der Waals surface area (Å²) in [6.45, 7) is 0. The van der Waals surface area contributed by atoms with Crippen molar-refractivity contribution in [2.75, 3.05) is 0 Å². The molecule has 0 bridgehead atoms. The Morgan fingerprint density at radius 1 is 0.316 bits per heavy atom. The molecule has 0 radical (unpaired) electrons. The molecule has 5 atom stereocenters. The third-order valence-electron chi connectivity index (χ3n) is 7.57. The molecule has 0 saturated heterocycles. The minimum Gasteiger partial charge on any atom is -0.0530 e. The van der Waals surface area contributed by atoms with Crippen LogP contribution in [0.5, 0.6) is 0 Å². The molecular weight excluding hydrogens is 228 g/mol. The van der Waals surface area contributed by atoms with Gasteiger partial charge in [-0.05, 0) is 67.6 Å². The van der Waals surface area contributed by atoms with Crippen LogP contribution < -0.4 is 0 Å². The fourth-order valence-electron chi connectivity index (χ4n) is 6.83. The van der Waals surface area contributed by atoms with E-state index < -0.39 is 0 Å². The first-order valence-electron chi connectivity index (χ1n) is 9.43. The van der Waals surface area contributed by atoms with Gasteiger partial charge in [0.1, 0.15) is 0 Å². The lowest BCUT2D eigenvalue weighted by Crippen LogP contribution is -2.43. The van der Waals surface area contributed by atoms with Gasteiger partial charge in [0, 0.05) is 0 Å². The maximum Gasteiger partial charge on any atom is -0.0352 e. The summed E-state index contributed by atoms with van der Waals surface area (Å²) in [6, 6.07) is 0. The second-order valence-electron chi connectivity index (χ2n) is 8.25. The fourth-order valence-corrected chi connectivity index (χ4v) is 6.83. The first-order chi connectivity index (χ1) is 9.43. The van der Waals surface area contributed by atoms with Gasteiger partial charge in [-0.25, -0.2) is 0 Å². The van der Waals surface area contributed by atoms with Crippen molar-refractivity contribution in [1.29, 1.82) is 0 Å². The van der Waals surface area contributed by atoms with Gasteiger partial charge in [-0.3, -0.25) is 0 Å². The summed E-state index contributed by atoms with van der Waals surface area (Å²) in [5, 5.41) is 0. The first-order valence-corrected chi connectivity index (χ1v) is 9.43. The molecule has 19 heavy (non-hydrogen) atoms. The van der Waals surface area contributed by atoms with Crippen LogP contribution in [0.15, 0.2) is 0 Å². The van der Waals surface area contributed by atoms with Crippen LogP contribution in [0.2, 0.25) is 0 Å². The number of rotatable bonds is 1. The molecular formula is C19H32. The molecule has 0 heterocycles. The van der Waals surface area contributed by atoms with Crippen LogP contribution in [0.4, 0.5) is 0 Å². The molecule has 108 valence electrons. The second-order valence-corrected chi connectivity index (χ2v) is 8.25. The number of fused-ring (bicyclic) bond motifs is 3. The van der Waals surface area contributed by atoms with Crippen molar-refractivity contribution < 1.29 is 0 Å². The molecule has 5 unspecified atom stereocenters. The van der Waals surface area contributed by atoms with Crippen molar-refractivity contribution in [2.24, 2.45) is 35.5 Å². The second kappa shape index (κ2) is 5.41. The van der Waals surface area contributed by atoms with E-state index in [0.717, 1.165) is 29.6 Å². The highest BCUT2D eigenvalue weighted by atomic mass is 14.5. The van der Waals surface area contributed by atoms with E-state index in [4.69, 9.17) is 0 Å². The Balaban J connectivity index is 1.51. The molecule has 4 saturated carbocycles. The van der Waals surface area contributed by atoms with Crippen LogP contribution in [0.1, 0.15) is 83.5 Å². The van der Waals surface area contributed by atoms with Crippen LogP contribution in [0, 0.1) is 35.5 Å². The highest BCUT2D eigenvalue weighted by molar-refractivity contribution is 4.96. The molecule has 0 heteroatoms. The molecule has 0 aliphatic heterocycles. The van der Waals surface area contributed by atoms with E-state index in [2.05, 4.69) is 0 Å². The molecule has 0 aromatic heterocycles. The van der Waals surface area contributed by atoms with Gasteiger partial charge in [-0.15, -0.1) is 0 Å². The third kappa shape index (κ3) is 2.28. The molecule has 0 N–H and O–H groups in total. The number of hydrogen-bond acceptors (Lipinski definition) is 0. The van der Waals surface area contributed by atoms with Gasteiger partial charge >= 0.3 is 0 Å². The first kappa shape index (κ1) is 12.7. The highest BCUT2D eigenvalue weighted by Gasteiger charge is 2.46. The Hall–Kier alpha value is 0. The molecule has 0 nitrogen and oxygen atoms in total. The maximum absolute atomic E-state index is 1.62. The third-order valence-corrected chi connectivity index (χ3v) is 7.57. The molecule has 0 amide bonds. The zero-order valence-electron chi connectivity index (χ0n) is 12.7. The predicted molar refractivity (Wildman–Crippen MR) is 81.0 cm³/mol. The van der Waals surface area contributed by atoms with Gasteiger partial charge in [-0.1, -0.05) is 51.4 Å². The average Bonchev–Trinajstić information content (AvgIpc) is 3.00. The summed E-state index contributed by atoms with van der Waals surface area (Å²) in [6.07, 6.45) is 20.6. The molecule has 4 rings (SSSR count). The van der Waals surface area contributed by atoms with Crippen molar-refractivity contribution in [2.45, 2.75) is 83.5 Å². The molecule has 4 aliphatic rings. The maximum atomic E-state index is 1.62. The molecule has 4 fully saturated rings. The van der Waals surface area contributed by atoms with Crippen LogP contribution in [-0.2, 0) is 0 Å². The van der Waals surface area contributed by atoms with E-state index in [9.17, 15) is 0 Å². The number of hydrogen-bond donors (Lipinski definition) is 0. The minimum atomic E-state index is 1.15. The van der Waals surface area contributed by atoms with E-state index in [1.807, 2.05) is 0 Å². The Kier molecular flexibility index (Phi) is 3.62. The van der Waals surface area contributed by atoms with Crippen molar-refractivity contribution in [3.05, 3.63) is 0 Å². The van der Waals surface area contributed by atoms with E-state index >= 15 is 0 Å². The van der Waals surface area contributed by atoms with Gasteiger partial charge in [0.15, 0.2) is 0 Å². The minimum absolute atomic E-state index is 1.15. The van der Waals surface area contributed by atoms with Crippen LogP contribution in [-0.4, -0.2) is 0 Å². The summed E-state index contributed by atoms with van der Waals surface area (Å²) in [7, 11) is 0. The van der Waals surface area contributed by atoms with Gasteiger partial charge in [0.05, 0.1) is 0 Å². The van der Waals surface area contributed by atoms with Crippen LogP contribution in [0.25, 0.3) is 0 Å². The summed E-state index contributed by atoms with van der Waals surface area (Å²) < 4.78 is 0. The average molecular weight is 260 g/mol. The van der Waals surface area contributed by atoms with E-state index in [0.29, 0.717) is 0 Å². The smallest absolute Gasteiger partial charge is 0.0352 e. The largest absolute Gasteiger partial charge is 0.0530 e. The van der Waals surface area contributed by atoms with Gasteiger partial charge in [-0.2, -0.15) is 0 Å². The lowest BCUT2D eigenvalue weighted by molar-refractivity contribution is -0.0204. The fraction of sp³-hybridized carbons (Fsp3) is 1.00. The molecule has 0 spiro atoms. The van der Waals surface area contributed by atoms with Crippen LogP contribution >= 0.6 is 0 Å². The lowest BCUT2D eigenvalue weighted by atomic mass is 9.53. The van der Waals surface area contributed by atoms with Crippen LogP contribution in [0.3, 0.4) is 0 Å². The highest BCUT2D eigenvalue weighted by Crippen LogP contribution is 2.55. The zero-order chi connectivity index (χ0) is 12.7. The summed E-state index contributed by atoms with van der Waals surface area (Å²) in [5.41, 5.74) is 0. The Morgan fingerprint density at radius 3 is 1.53 bits per heavy atom.